The number of allylic oxidation sites excluding steroid dienone is 6. The molecular weight excluding hydrogens is 364 g/mol. The minimum atomic E-state index is -0.690. The van der Waals surface area contributed by atoms with Crippen molar-refractivity contribution >= 4 is 11.9 Å². The Hall–Kier alpha value is -2.62. The van der Waals surface area contributed by atoms with Crippen molar-refractivity contribution in [3.63, 3.8) is 0 Å². The summed E-state index contributed by atoms with van der Waals surface area (Å²) in [5, 5.41) is 0. The van der Waals surface area contributed by atoms with Crippen LogP contribution in [0.5, 0.6) is 0 Å². The molecule has 4 heteroatoms. The van der Waals surface area contributed by atoms with Crippen LogP contribution < -0.4 is 0 Å². The van der Waals surface area contributed by atoms with Crippen molar-refractivity contribution in [2.24, 2.45) is 11.8 Å². The van der Waals surface area contributed by atoms with Gasteiger partial charge in [-0.3, -0.25) is 0 Å². The van der Waals surface area contributed by atoms with Gasteiger partial charge in [-0.15, -0.1) is 0 Å². The molecule has 0 saturated heterocycles. The molecule has 152 valence electrons. The van der Waals surface area contributed by atoms with Crippen LogP contribution in [-0.4, -0.2) is 23.1 Å². The van der Waals surface area contributed by atoms with Gasteiger partial charge in [-0.25, -0.2) is 9.59 Å². The van der Waals surface area contributed by atoms with Gasteiger partial charge in [0.15, 0.2) is 0 Å². The van der Waals surface area contributed by atoms with Crippen molar-refractivity contribution in [3.05, 3.63) is 70.9 Å². The first kappa shape index (κ1) is 19.7. The summed E-state index contributed by atoms with van der Waals surface area (Å²) >= 11 is 0. The van der Waals surface area contributed by atoms with Crippen LogP contribution in [0.1, 0.15) is 47.0 Å². The summed E-state index contributed by atoms with van der Waals surface area (Å²) < 4.78 is 11.8. The monoisotopic (exact) mass is 392 g/mol. The molecule has 0 spiro atoms. The van der Waals surface area contributed by atoms with Gasteiger partial charge in [0.25, 0.3) is 0 Å². The number of carbonyl (C=O) groups is 2. The van der Waals surface area contributed by atoms with Gasteiger partial charge >= 0.3 is 11.9 Å². The summed E-state index contributed by atoms with van der Waals surface area (Å²) in [5.41, 5.74) is 1.87. The first-order chi connectivity index (χ1) is 13.7. The van der Waals surface area contributed by atoms with Gasteiger partial charge in [0.2, 0.25) is 0 Å². The van der Waals surface area contributed by atoms with Crippen LogP contribution >= 0.6 is 0 Å². The molecule has 4 rings (SSSR count). The first-order valence-corrected chi connectivity index (χ1v) is 10.3. The van der Waals surface area contributed by atoms with E-state index in [1.165, 1.54) is 0 Å². The van der Waals surface area contributed by atoms with E-state index in [0.29, 0.717) is 24.0 Å². The maximum absolute atomic E-state index is 13.1. The lowest BCUT2D eigenvalue weighted by molar-refractivity contribution is -0.152. The number of fused-ring (bicyclic) bond motifs is 2. The molecule has 4 atom stereocenters. The van der Waals surface area contributed by atoms with Crippen LogP contribution in [0, 0.1) is 11.8 Å². The van der Waals surface area contributed by atoms with Crippen LogP contribution in [0.4, 0.5) is 0 Å². The van der Waals surface area contributed by atoms with Crippen LogP contribution in [0.25, 0.3) is 0 Å². The maximum atomic E-state index is 13.1. The summed E-state index contributed by atoms with van der Waals surface area (Å²) in [6, 6.07) is 0. The summed E-state index contributed by atoms with van der Waals surface area (Å²) in [6.45, 7) is 7.83. The van der Waals surface area contributed by atoms with E-state index in [4.69, 9.17) is 9.47 Å². The lowest BCUT2D eigenvalue weighted by Crippen LogP contribution is -2.34. The zero-order valence-electron chi connectivity index (χ0n) is 17.5. The topological polar surface area (TPSA) is 52.6 Å². The van der Waals surface area contributed by atoms with Crippen LogP contribution in [0.3, 0.4) is 0 Å². The highest BCUT2D eigenvalue weighted by Crippen LogP contribution is 2.46. The van der Waals surface area contributed by atoms with Gasteiger partial charge in [0.05, 0.1) is 11.1 Å². The van der Waals surface area contributed by atoms with E-state index in [9.17, 15) is 9.59 Å². The maximum Gasteiger partial charge on any atom is 0.336 e. The van der Waals surface area contributed by atoms with Crippen LogP contribution in [0.2, 0.25) is 0 Å². The highest BCUT2D eigenvalue weighted by atomic mass is 16.6. The third kappa shape index (κ3) is 3.81. The van der Waals surface area contributed by atoms with Gasteiger partial charge in [0, 0.05) is 24.7 Å². The lowest BCUT2D eigenvalue weighted by atomic mass is 9.92. The number of carbonyl (C=O) groups excluding carboxylic acids is 2. The van der Waals surface area contributed by atoms with E-state index in [-0.39, 0.29) is 11.8 Å². The van der Waals surface area contributed by atoms with Crippen molar-refractivity contribution < 1.29 is 19.1 Å². The molecule has 0 aromatic heterocycles. The molecule has 4 nitrogen and oxygen atoms in total. The number of hydrogen-bond donors (Lipinski definition) is 0. The Bertz CT molecular complexity index is 868. The zero-order valence-corrected chi connectivity index (χ0v) is 17.5. The summed E-state index contributed by atoms with van der Waals surface area (Å²) in [6.07, 6.45) is 17.9. The second kappa shape index (κ2) is 7.01. The molecule has 29 heavy (non-hydrogen) atoms. The quantitative estimate of drug-likeness (QED) is 0.504. The number of rotatable bonds is 4. The van der Waals surface area contributed by atoms with Crippen molar-refractivity contribution in [1.82, 2.24) is 0 Å². The van der Waals surface area contributed by atoms with E-state index in [0.717, 1.165) is 17.6 Å². The molecule has 0 fully saturated rings. The summed E-state index contributed by atoms with van der Waals surface area (Å²) in [4.78, 5) is 26.2. The van der Waals surface area contributed by atoms with Gasteiger partial charge in [-0.1, -0.05) is 47.6 Å². The molecule has 0 aromatic carbocycles. The second-order valence-electron chi connectivity index (χ2n) is 9.04. The molecule has 0 radical (unpaired) electrons. The van der Waals surface area contributed by atoms with Crippen LogP contribution in [-0.2, 0) is 19.1 Å². The molecule has 0 aliphatic heterocycles. The molecular formula is C25H28O4. The minimum Gasteiger partial charge on any atom is -0.451 e. The fourth-order valence-electron chi connectivity index (χ4n) is 4.35. The average molecular weight is 392 g/mol. The molecule has 0 amide bonds. The minimum absolute atomic E-state index is 0.0691. The summed E-state index contributed by atoms with van der Waals surface area (Å²) in [7, 11) is 0. The normalized spacial score (nSPS) is 34.9. The Morgan fingerprint density at radius 3 is 1.59 bits per heavy atom. The Kier molecular flexibility index (Phi) is 4.76. The highest BCUT2D eigenvalue weighted by molar-refractivity contribution is 6.03. The fourth-order valence-corrected chi connectivity index (χ4v) is 4.35. The molecule has 0 N–H and O–H groups in total. The van der Waals surface area contributed by atoms with Gasteiger partial charge in [0.1, 0.15) is 11.2 Å². The number of hydrogen-bond acceptors (Lipinski definition) is 4. The van der Waals surface area contributed by atoms with Crippen molar-refractivity contribution in [2.75, 3.05) is 0 Å². The average Bonchev–Trinajstić information content (AvgIpc) is 3.28. The Morgan fingerprint density at radius 1 is 0.828 bits per heavy atom. The lowest BCUT2D eigenvalue weighted by Gasteiger charge is -2.30. The zero-order chi connectivity index (χ0) is 20.8. The number of esters is 2. The molecule has 0 saturated carbocycles. The molecule has 4 aliphatic carbocycles. The van der Waals surface area contributed by atoms with Gasteiger partial charge in [-0.2, -0.15) is 0 Å². The smallest absolute Gasteiger partial charge is 0.336 e. The van der Waals surface area contributed by atoms with Gasteiger partial charge < -0.3 is 9.47 Å². The highest BCUT2D eigenvalue weighted by Gasteiger charge is 2.45. The van der Waals surface area contributed by atoms with Crippen molar-refractivity contribution in [3.8, 4) is 0 Å². The fraction of sp³-hybridized carbons (Fsp3) is 0.440. The molecule has 0 aromatic rings. The standard InChI is InChI=1S/C25H28O4/c1-16-7-11-24(3,12-8-16)28-22(26)20-18-5-6-19(15-18)21(20)23(27)29-25(4)13-9-17(2)10-14-25/h5-11,13,18-19H,12,14-15H2,1-4H3. The largest absolute Gasteiger partial charge is 0.451 e. The third-order valence-corrected chi connectivity index (χ3v) is 6.26. The molecule has 4 unspecified atom stereocenters. The Labute approximate surface area is 172 Å². The second-order valence-corrected chi connectivity index (χ2v) is 9.04. The van der Waals surface area contributed by atoms with Crippen molar-refractivity contribution in [2.45, 2.75) is 58.2 Å². The SMILES string of the molecule is CC1=CCC(C)(OC(=O)C2=C(C(=O)OC3(C)C=CC(C)=CC3)C3C=CC2C3)C=C1. The Balaban J connectivity index is 1.55. The molecule has 0 heterocycles. The Morgan fingerprint density at radius 2 is 1.24 bits per heavy atom. The van der Waals surface area contributed by atoms with Crippen molar-refractivity contribution in [1.29, 1.82) is 0 Å². The van der Waals surface area contributed by atoms with E-state index < -0.39 is 23.1 Å². The summed E-state index contributed by atoms with van der Waals surface area (Å²) in [5.74, 6) is -0.955. The van der Waals surface area contributed by atoms with E-state index in [1.807, 2.05) is 64.2 Å². The van der Waals surface area contributed by atoms with E-state index in [2.05, 4.69) is 12.2 Å². The van der Waals surface area contributed by atoms with Gasteiger partial charge in [-0.05, 0) is 46.3 Å². The molecule has 2 bridgehead atoms. The van der Waals surface area contributed by atoms with E-state index in [1.54, 1.807) is 0 Å². The predicted molar refractivity (Wildman–Crippen MR) is 112 cm³/mol. The first-order valence-electron chi connectivity index (χ1n) is 10.3. The van der Waals surface area contributed by atoms with Crippen LogP contribution in [0.15, 0.2) is 70.9 Å². The predicted octanol–water partition coefficient (Wildman–Crippen LogP) is 4.91. The number of ether oxygens (including phenoxy) is 2. The molecule has 4 aliphatic rings. The van der Waals surface area contributed by atoms with E-state index >= 15 is 0 Å². The third-order valence-electron chi connectivity index (χ3n) is 6.26.